The molecule has 0 saturated carbocycles. The predicted molar refractivity (Wildman–Crippen MR) is 225 cm³/mol. The van der Waals surface area contributed by atoms with E-state index in [1.54, 1.807) is 6.20 Å². The summed E-state index contributed by atoms with van der Waals surface area (Å²) in [5.41, 5.74) is 12.6. The van der Waals surface area contributed by atoms with Crippen molar-refractivity contribution in [3.8, 4) is 67.5 Å². The van der Waals surface area contributed by atoms with E-state index in [0.29, 0.717) is 17.5 Å². The van der Waals surface area contributed by atoms with Gasteiger partial charge in [0.05, 0.1) is 0 Å². The van der Waals surface area contributed by atoms with E-state index < -0.39 is 0 Å². The van der Waals surface area contributed by atoms with E-state index in [-0.39, 0.29) is 0 Å². The molecule has 0 aliphatic rings. The standard InChI is InChI=1S/C50H30N4O2/c1-2-9-33(10-3-1)48-52-49(34-20-16-31(17-21-34)37-11-8-28-51-30-37)54-50(53-48)35-22-18-32(19-23-35)38-25-26-39(47-46(38)41-13-5-7-15-44(41)56-47)36-24-27-45-42(29-36)40-12-4-6-14-43(40)55-45/h1-30H. The van der Waals surface area contributed by atoms with Gasteiger partial charge in [-0.15, -0.1) is 0 Å². The Bertz CT molecular complexity index is 3220. The monoisotopic (exact) mass is 718 g/mol. The molecule has 0 radical (unpaired) electrons. The maximum absolute atomic E-state index is 6.66. The minimum atomic E-state index is 0.605. The Labute approximate surface area is 321 Å². The molecular formula is C50H30N4O2. The highest BCUT2D eigenvalue weighted by Crippen LogP contribution is 2.43. The fraction of sp³-hybridized carbons (Fsp3) is 0. The zero-order valence-corrected chi connectivity index (χ0v) is 29.9. The van der Waals surface area contributed by atoms with Crippen molar-refractivity contribution >= 4 is 43.9 Å². The third-order valence-electron chi connectivity index (χ3n) is 10.5. The number of furan rings is 2. The van der Waals surface area contributed by atoms with E-state index in [1.807, 2.05) is 72.9 Å². The van der Waals surface area contributed by atoms with Crippen LogP contribution in [0.3, 0.4) is 0 Å². The van der Waals surface area contributed by atoms with Crippen molar-refractivity contribution in [1.29, 1.82) is 0 Å². The molecule has 0 bridgehead atoms. The molecule has 0 aliphatic carbocycles. The molecule has 0 atom stereocenters. The Morgan fingerprint density at radius 2 is 0.875 bits per heavy atom. The summed E-state index contributed by atoms with van der Waals surface area (Å²) in [5, 5.41) is 4.33. The van der Waals surface area contributed by atoms with E-state index in [4.69, 9.17) is 23.8 Å². The summed E-state index contributed by atoms with van der Waals surface area (Å²) in [7, 11) is 0. The largest absolute Gasteiger partial charge is 0.456 e. The highest BCUT2D eigenvalue weighted by Gasteiger charge is 2.19. The van der Waals surface area contributed by atoms with E-state index in [0.717, 1.165) is 93.9 Å². The first-order valence-electron chi connectivity index (χ1n) is 18.5. The lowest BCUT2D eigenvalue weighted by molar-refractivity contribution is 0.668. The lowest BCUT2D eigenvalue weighted by atomic mass is 9.93. The predicted octanol–water partition coefficient (Wildman–Crippen LogP) is 13.1. The van der Waals surface area contributed by atoms with Crippen molar-refractivity contribution in [2.45, 2.75) is 0 Å². The summed E-state index contributed by atoms with van der Waals surface area (Å²) >= 11 is 0. The molecule has 0 spiro atoms. The molecule has 6 heteroatoms. The summed E-state index contributed by atoms with van der Waals surface area (Å²) in [6.45, 7) is 0. The second-order valence-electron chi connectivity index (χ2n) is 13.8. The minimum absolute atomic E-state index is 0.605. The number of pyridine rings is 1. The van der Waals surface area contributed by atoms with Crippen molar-refractivity contribution in [3.05, 3.63) is 182 Å². The first kappa shape index (κ1) is 31.8. The molecule has 0 saturated heterocycles. The van der Waals surface area contributed by atoms with Gasteiger partial charge in [-0.05, 0) is 64.2 Å². The van der Waals surface area contributed by atoms with Crippen molar-refractivity contribution in [3.63, 3.8) is 0 Å². The molecular weight excluding hydrogens is 689 g/mol. The molecule has 4 heterocycles. The van der Waals surface area contributed by atoms with E-state index >= 15 is 0 Å². The normalized spacial score (nSPS) is 11.6. The summed E-state index contributed by atoms with van der Waals surface area (Å²) in [6.07, 6.45) is 3.65. The number of hydrogen-bond donors (Lipinski definition) is 0. The van der Waals surface area contributed by atoms with Gasteiger partial charge in [-0.3, -0.25) is 4.98 Å². The van der Waals surface area contributed by atoms with Gasteiger partial charge in [-0.25, -0.2) is 15.0 Å². The molecule has 0 fully saturated rings. The summed E-state index contributed by atoms with van der Waals surface area (Å²) < 4.78 is 12.8. The zero-order chi connectivity index (χ0) is 37.0. The van der Waals surface area contributed by atoms with Gasteiger partial charge in [0.1, 0.15) is 22.3 Å². The molecule has 0 aliphatic heterocycles. The van der Waals surface area contributed by atoms with Crippen LogP contribution in [0.1, 0.15) is 0 Å². The topological polar surface area (TPSA) is 77.8 Å². The van der Waals surface area contributed by atoms with Gasteiger partial charge in [0.25, 0.3) is 0 Å². The van der Waals surface area contributed by atoms with Gasteiger partial charge in [-0.2, -0.15) is 0 Å². The van der Waals surface area contributed by atoms with Crippen molar-refractivity contribution in [1.82, 2.24) is 19.9 Å². The van der Waals surface area contributed by atoms with Crippen molar-refractivity contribution in [2.24, 2.45) is 0 Å². The summed E-state index contributed by atoms with van der Waals surface area (Å²) in [4.78, 5) is 19.2. The van der Waals surface area contributed by atoms with Gasteiger partial charge in [-0.1, -0.05) is 133 Å². The maximum atomic E-state index is 6.66. The Morgan fingerprint density at radius 3 is 1.57 bits per heavy atom. The average molecular weight is 719 g/mol. The number of aromatic nitrogens is 4. The fourth-order valence-electron chi connectivity index (χ4n) is 7.68. The smallest absolute Gasteiger partial charge is 0.164 e. The molecule has 262 valence electrons. The fourth-order valence-corrected chi connectivity index (χ4v) is 7.68. The van der Waals surface area contributed by atoms with Crippen LogP contribution in [0.25, 0.3) is 111 Å². The second kappa shape index (κ2) is 13.0. The van der Waals surface area contributed by atoms with Crippen LogP contribution in [0.5, 0.6) is 0 Å². The van der Waals surface area contributed by atoms with Gasteiger partial charge in [0.2, 0.25) is 0 Å². The number of para-hydroxylation sites is 2. The van der Waals surface area contributed by atoms with Crippen LogP contribution in [-0.4, -0.2) is 19.9 Å². The number of benzene rings is 7. The maximum Gasteiger partial charge on any atom is 0.164 e. The molecule has 56 heavy (non-hydrogen) atoms. The van der Waals surface area contributed by atoms with Crippen molar-refractivity contribution in [2.75, 3.05) is 0 Å². The van der Waals surface area contributed by atoms with E-state index in [9.17, 15) is 0 Å². The molecule has 0 amide bonds. The molecule has 7 aromatic carbocycles. The van der Waals surface area contributed by atoms with Gasteiger partial charge < -0.3 is 8.83 Å². The SMILES string of the molecule is c1ccc(-c2nc(-c3ccc(-c4cccnc4)cc3)nc(-c3ccc(-c4ccc(-c5ccc6oc7ccccc7c6c5)c5oc6ccccc6c45)cc3)n2)cc1. The molecule has 0 N–H and O–H groups in total. The van der Waals surface area contributed by atoms with Crippen LogP contribution >= 0.6 is 0 Å². The van der Waals surface area contributed by atoms with Gasteiger partial charge in [0.15, 0.2) is 17.5 Å². The lowest BCUT2D eigenvalue weighted by Gasteiger charge is -2.11. The summed E-state index contributed by atoms with van der Waals surface area (Å²) in [6, 6.07) is 57.9. The molecule has 0 unspecified atom stereocenters. The average Bonchev–Trinajstić information content (AvgIpc) is 3.85. The van der Waals surface area contributed by atoms with E-state index in [2.05, 4.69) is 108 Å². The Balaban J connectivity index is 1.01. The minimum Gasteiger partial charge on any atom is -0.456 e. The number of nitrogens with zero attached hydrogens (tertiary/aromatic N) is 4. The third-order valence-corrected chi connectivity index (χ3v) is 10.5. The van der Waals surface area contributed by atoms with Crippen LogP contribution < -0.4 is 0 Å². The first-order valence-corrected chi connectivity index (χ1v) is 18.5. The lowest BCUT2D eigenvalue weighted by Crippen LogP contribution is -2.00. The third kappa shape index (κ3) is 5.43. The molecule has 6 nitrogen and oxygen atoms in total. The number of rotatable bonds is 6. The van der Waals surface area contributed by atoms with Crippen LogP contribution in [0, 0.1) is 0 Å². The number of hydrogen-bond acceptors (Lipinski definition) is 6. The number of fused-ring (bicyclic) bond motifs is 6. The van der Waals surface area contributed by atoms with Gasteiger partial charge in [0, 0.05) is 56.2 Å². The van der Waals surface area contributed by atoms with Gasteiger partial charge >= 0.3 is 0 Å². The van der Waals surface area contributed by atoms with Crippen LogP contribution in [0.2, 0.25) is 0 Å². The molecule has 11 rings (SSSR count). The quantitative estimate of drug-likeness (QED) is 0.170. The van der Waals surface area contributed by atoms with Crippen LogP contribution in [0.4, 0.5) is 0 Å². The molecule has 11 aromatic rings. The second-order valence-corrected chi connectivity index (χ2v) is 13.8. The highest BCUT2D eigenvalue weighted by molar-refractivity contribution is 6.17. The first-order chi connectivity index (χ1) is 27.7. The van der Waals surface area contributed by atoms with E-state index in [1.165, 1.54) is 0 Å². The Kier molecular flexibility index (Phi) is 7.38. The van der Waals surface area contributed by atoms with Crippen LogP contribution in [0.15, 0.2) is 191 Å². The van der Waals surface area contributed by atoms with Crippen LogP contribution in [-0.2, 0) is 0 Å². The summed E-state index contributed by atoms with van der Waals surface area (Å²) in [5.74, 6) is 1.84. The Hall–Kier alpha value is -7.70. The zero-order valence-electron chi connectivity index (χ0n) is 29.9. The highest BCUT2D eigenvalue weighted by atomic mass is 16.3. The molecule has 4 aromatic heterocycles. The van der Waals surface area contributed by atoms with Crippen molar-refractivity contribution < 1.29 is 8.83 Å². The Morgan fingerprint density at radius 1 is 0.339 bits per heavy atom.